The summed E-state index contributed by atoms with van der Waals surface area (Å²) >= 11 is 0. The number of rotatable bonds is 0. The van der Waals surface area contributed by atoms with Gasteiger partial charge in [-0.1, -0.05) is 23.4 Å². The van der Waals surface area contributed by atoms with E-state index in [4.69, 9.17) is 5.21 Å². The second-order valence-corrected chi connectivity index (χ2v) is 3.48. The molecule has 1 aromatic carbocycles. The summed E-state index contributed by atoms with van der Waals surface area (Å²) in [7, 11) is 0. The number of anilines is 1. The van der Waals surface area contributed by atoms with Crippen molar-refractivity contribution in [2.45, 2.75) is 13.3 Å². The summed E-state index contributed by atoms with van der Waals surface area (Å²) in [5.41, 5.74) is 2.30. The molecule has 0 atom stereocenters. The molecule has 1 aliphatic rings. The number of benzene rings is 1. The third-order valence-corrected chi connectivity index (χ3v) is 2.58. The zero-order valence-electron chi connectivity index (χ0n) is 8.47. The summed E-state index contributed by atoms with van der Waals surface area (Å²) in [6, 6.07) is 7.46. The quantitative estimate of drug-likeness (QED) is 0.515. The van der Waals surface area contributed by atoms with Crippen LogP contribution in [0.1, 0.15) is 18.9 Å². The highest BCUT2D eigenvalue weighted by Crippen LogP contribution is 2.26. The van der Waals surface area contributed by atoms with Gasteiger partial charge in [0.05, 0.1) is 11.4 Å². The predicted octanol–water partition coefficient (Wildman–Crippen LogP) is 1.62. The molecular weight excluding hydrogens is 192 g/mol. The van der Waals surface area contributed by atoms with E-state index in [1.165, 1.54) is 6.92 Å². The van der Waals surface area contributed by atoms with Gasteiger partial charge in [-0.25, -0.2) is 0 Å². The Morgan fingerprint density at radius 1 is 1.47 bits per heavy atom. The topological polar surface area (TPSA) is 52.9 Å². The number of nitrogens with zero attached hydrogens (tertiary/aromatic N) is 2. The molecule has 0 spiro atoms. The third kappa shape index (κ3) is 1.58. The van der Waals surface area contributed by atoms with Gasteiger partial charge in [-0.05, 0) is 6.07 Å². The molecule has 0 bridgehead atoms. The molecular formula is C11H12N2O2. The Labute approximate surface area is 87.8 Å². The van der Waals surface area contributed by atoms with Crippen LogP contribution in [0.3, 0.4) is 0 Å². The number of carbonyl (C=O) groups excluding carboxylic acids is 1. The van der Waals surface area contributed by atoms with Crippen molar-refractivity contribution >= 4 is 17.3 Å². The fourth-order valence-electron chi connectivity index (χ4n) is 1.86. The van der Waals surface area contributed by atoms with E-state index in [0.717, 1.165) is 11.3 Å². The van der Waals surface area contributed by atoms with Crippen molar-refractivity contribution in [1.29, 1.82) is 0 Å². The molecule has 15 heavy (non-hydrogen) atoms. The normalized spacial score (nSPS) is 17.7. The van der Waals surface area contributed by atoms with E-state index in [9.17, 15) is 4.79 Å². The van der Waals surface area contributed by atoms with E-state index < -0.39 is 0 Å². The Hall–Kier alpha value is -1.84. The van der Waals surface area contributed by atoms with E-state index in [1.807, 2.05) is 24.3 Å². The minimum absolute atomic E-state index is 0.0134. The molecule has 4 nitrogen and oxygen atoms in total. The lowest BCUT2D eigenvalue weighted by Crippen LogP contribution is -2.35. The molecule has 1 heterocycles. The highest BCUT2D eigenvalue weighted by atomic mass is 16.4. The highest BCUT2D eigenvalue weighted by molar-refractivity contribution is 6.10. The van der Waals surface area contributed by atoms with Gasteiger partial charge in [0.2, 0.25) is 5.91 Å². The average Bonchev–Trinajstić information content (AvgIpc) is 2.27. The maximum atomic E-state index is 11.4. The van der Waals surface area contributed by atoms with Gasteiger partial charge in [0.25, 0.3) is 0 Å². The van der Waals surface area contributed by atoms with Crippen LogP contribution in [-0.4, -0.2) is 23.4 Å². The van der Waals surface area contributed by atoms with Crippen LogP contribution in [0.4, 0.5) is 5.69 Å². The molecule has 1 amide bonds. The minimum Gasteiger partial charge on any atom is -0.411 e. The summed E-state index contributed by atoms with van der Waals surface area (Å²) < 4.78 is 0. The number of amides is 1. The van der Waals surface area contributed by atoms with Gasteiger partial charge in [0.1, 0.15) is 0 Å². The molecule has 0 unspecified atom stereocenters. The zero-order valence-corrected chi connectivity index (χ0v) is 8.47. The van der Waals surface area contributed by atoms with Crippen LogP contribution < -0.4 is 4.90 Å². The van der Waals surface area contributed by atoms with Crippen LogP contribution >= 0.6 is 0 Å². The lowest BCUT2D eigenvalue weighted by molar-refractivity contribution is -0.116. The molecule has 0 aromatic heterocycles. The first kappa shape index (κ1) is 9.71. The van der Waals surface area contributed by atoms with Crippen LogP contribution in [0.2, 0.25) is 0 Å². The number of oxime groups is 1. The van der Waals surface area contributed by atoms with E-state index in [-0.39, 0.29) is 5.91 Å². The Morgan fingerprint density at radius 3 is 2.87 bits per heavy atom. The van der Waals surface area contributed by atoms with Gasteiger partial charge in [-0.2, -0.15) is 0 Å². The molecule has 0 saturated heterocycles. The highest BCUT2D eigenvalue weighted by Gasteiger charge is 2.23. The summed E-state index contributed by atoms with van der Waals surface area (Å²) in [6.45, 7) is 2.11. The molecule has 1 aromatic rings. The standard InChI is InChI=1S/C11H12N2O2/c1-8(14)13-7-6-10(12-15)9-4-2-3-5-11(9)13/h2-5,15H,6-7H2,1H3. The van der Waals surface area contributed by atoms with Gasteiger partial charge >= 0.3 is 0 Å². The summed E-state index contributed by atoms with van der Waals surface area (Å²) in [6.07, 6.45) is 0.590. The monoisotopic (exact) mass is 204 g/mol. The van der Waals surface area contributed by atoms with Crippen molar-refractivity contribution in [2.75, 3.05) is 11.4 Å². The van der Waals surface area contributed by atoms with Crippen LogP contribution in [0.5, 0.6) is 0 Å². The molecule has 4 heteroatoms. The van der Waals surface area contributed by atoms with Gasteiger partial charge in [0.15, 0.2) is 0 Å². The molecule has 1 aliphatic heterocycles. The number of hydrogen-bond acceptors (Lipinski definition) is 3. The molecule has 78 valence electrons. The van der Waals surface area contributed by atoms with Crippen molar-refractivity contribution in [3.8, 4) is 0 Å². The number of hydrogen-bond donors (Lipinski definition) is 1. The zero-order chi connectivity index (χ0) is 10.8. The molecule has 2 rings (SSSR count). The second kappa shape index (κ2) is 3.73. The van der Waals surface area contributed by atoms with Crippen LogP contribution in [-0.2, 0) is 4.79 Å². The molecule has 0 saturated carbocycles. The lowest BCUT2D eigenvalue weighted by atomic mass is 10.00. The Morgan fingerprint density at radius 2 is 2.20 bits per heavy atom. The maximum Gasteiger partial charge on any atom is 0.223 e. The summed E-state index contributed by atoms with van der Waals surface area (Å²) in [5, 5.41) is 12.1. The number of carbonyl (C=O) groups is 1. The SMILES string of the molecule is CC(=O)N1CCC(=NO)c2ccccc21. The van der Waals surface area contributed by atoms with Crippen molar-refractivity contribution < 1.29 is 10.0 Å². The first-order valence-electron chi connectivity index (χ1n) is 4.82. The summed E-state index contributed by atoms with van der Waals surface area (Å²) in [5.74, 6) is 0.0134. The first-order valence-corrected chi connectivity index (χ1v) is 4.82. The number of fused-ring (bicyclic) bond motifs is 1. The lowest BCUT2D eigenvalue weighted by Gasteiger charge is -2.28. The smallest absolute Gasteiger partial charge is 0.223 e. The Balaban J connectivity index is 2.53. The van der Waals surface area contributed by atoms with Crippen molar-refractivity contribution in [2.24, 2.45) is 5.16 Å². The van der Waals surface area contributed by atoms with Gasteiger partial charge in [-0.15, -0.1) is 0 Å². The minimum atomic E-state index is 0.0134. The molecule has 1 N–H and O–H groups in total. The maximum absolute atomic E-state index is 11.4. The second-order valence-electron chi connectivity index (χ2n) is 3.48. The Kier molecular flexibility index (Phi) is 2.41. The largest absolute Gasteiger partial charge is 0.411 e. The Bertz CT molecular complexity index is 426. The summed E-state index contributed by atoms with van der Waals surface area (Å²) in [4.78, 5) is 13.1. The average molecular weight is 204 g/mol. The van der Waals surface area contributed by atoms with Gasteiger partial charge in [-0.3, -0.25) is 4.79 Å². The molecule has 0 aliphatic carbocycles. The fourth-order valence-corrected chi connectivity index (χ4v) is 1.86. The van der Waals surface area contributed by atoms with Gasteiger partial charge in [0, 0.05) is 25.5 Å². The first-order chi connectivity index (χ1) is 7.24. The van der Waals surface area contributed by atoms with E-state index in [0.29, 0.717) is 18.7 Å². The van der Waals surface area contributed by atoms with E-state index in [1.54, 1.807) is 4.90 Å². The van der Waals surface area contributed by atoms with E-state index >= 15 is 0 Å². The predicted molar refractivity (Wildman–Crippen MR) is 57.4 cm³/mol. The molecule has 0 radical (unpaired) electrons. The molecule has 0 fully saturated rings. The van der Waals surface area contributed by atoms with Crippen LogP contribution in [0.25, 0.3) is 0 Å². The van der Waals surface area contributed by atoms with Crippen LogP contribution in [0, 0.1) is 0 Å². The van der Waals surface area contributed by atoms with Gasteiger partial charge < -0.3 is 10.1 Å². The van der Waals surface area contributed by atoms with Crippen molar-refractivity contribution in [3.05, 3.63) is 29.8 Å². The van der Waals surface area contributed by atoms with E-state index in [2.05, 4.69) is 5.16 Å². The van der Waals surface area contributed by atoms with Crippen LogP contribution in [0.15, 0.2) is 29.4 Å². The number of para-hydroxylation sites is 1. The fraction of sp³-hybridized carbons (Fsp3) is 0.273. The third-order valence-electron chi connectivity index (χ3n) is 2.58. The van der Waals surface area contributed by atoms with Crippen molar-refractivity contribution in [1.82, 2.24) is 0 Å². The van der Waals surface area contributed by atoms with Crippen molar-refractivity contribution in [3.63, 3.8) is 0 Å².